The Morgan fingerprint density at radius 1 is 1.00 bits per heavy atom. The smallest absolute Gasteiger partial charge is 0.272 e. The predicted octanol–water partition coefficient (Wildman–Crippen LogP) is -5.07. The fraction of sp³-hybridized carbons (Fsp3) is 0.0909. The summed E-state index contributed by atoms with van der Waals surface area (Å²) in [6.07, 6.45) is 5.79. The van der Waals surface area contributed by atoms with E-state index in [9.17, 15) is 0 Å². The SMILES string of the molecule is [Cl-].[Cl-].c1ccc(NCc2ccc[nH+]c2)[nH+]c1. The maximum Gasteiger partial charge on any atom is 0.272 e. The van der Waals surface area contributed by atoms with E-state index in [4.69, 9.17) is 0 Å². The van der Waals surface area contributed by atoms with Crippen molar-refractivity contribution in [3.8, 4) is 0 Å². The van der Waals surface area contributed by atoms with Gasteiger partial charge in [0.2, 0.25) is 0 Å². The molecule has 3 nitrogen and oxygen atoms in total. The molecule has 2 rings (SSSR count). The normalized spacial score (nSPS) is 8.50. The van der Waals surface area contributed by atoms with Gasteiger partial charge in [0.1, 0.15) is 6.54 Å². The van der Waals surface area contributed by atoms with E-state index in [1.54, 1.807) is 0 Å². The zero-order chi connectivity index (χ0) is 9.64. The zero-order valence-electron chi connectivity index (χ0n) is 8.58. The molecule has 0 saturated heterocycles. The van der Waals surface area contributed by atoms with Crippen molar-refractivity contribution in [3.63, 3.8) is 0 Å². The number of pyridine rings is 2. The molecule has 5 heteroatoms. The Hall–Kier alpha value is -1.32. The molecule has 0 aromatic carbocycles. The topological polar surface area (TPSA) is 40.3 Å². The fourth-order valence-corrected chi connectivity index (χ4v) is 1.24. The van der Waals surface area contributed by atoms with Crippen LogP contribution >= 0.6 is 0 Å². The van der Waals surface area contributed by atoms with Crippen molar-refractivity contribution in [2.45, 2.75) is 6.54 Å². The van der Waals surface area contributed by atoms with Crippen molar-refractivity contribution in [3.05, 3.63) is 54.5 Å². The van der Waals surface area contributed by atoms with Gasteiger partial charge in [0.15, 0.2) is 12.4 Å². The van der Waals surface area contributed by atoms with Crippen molar-refractivity contribution < 1.29 is 34.8 Å². The van der Waals surface area contributed by atoms with Crippen molar-refractivity contribution >= 4 is 5.82 Å². The van der Waals surface area contributed by atoms with Crippen LogP contribution in [0.4, 0.5) is 5.82 Å². The second-order valence-corrected chi connectivity index (χ2v) is 3.04. The molecule has 0 aliphatic carbocycles. The van der Waals surface area contributed by atoms with E-state index in [2.05, 4.69) is 21.4 Å². The number of nitrogens with one attached hydrogen (secondary N) is 3. The van der Waals surface area contributed by atoms with Crippen LogP contribution in [-0.2, 0) is 6.54 Å². The summed E-state index contributed by atoms with van der Waals surface area (Å²) in [6.45, 7) is 0.817. The van der Waals surface area contributed by atoms with Gasteiger partial charge in [-0.05, 0) is 12.1 Å². The highest BCUT2D eigenvalue weighted by molar-refractivity contribution is 5.28. The van der Waals surface area contributed by atoms with E-state index in [0.717, 1.165) is 12.4 Å². The van der Waals surface area contributed by atoms with Gasteiger partial charge < -0.3 is 24.8 Å². The number of anilines is 1. The van der Waals surface area contributed by atoms with Gasteiger partial charge >= 0.3 is 0 Å². The lowest BCUT2D eigenvalue weighted by Gasteiger charge is -1.95. The Balaban J connectivity index is 0.00000112. The van der Waals surface area contributed by atoms with Crippen LogP contribution in [0, 0.1) is 0 Å². The lowest BCUT2D eigenvalue weighted by molar-refractivity contribution is -0.378. The molecule has 2 aromatic heterocycles. The lowest BCUT2D eigenvalue weighted by Crippen LogP contribution is -3.00. The molecule has 0 amide bonds. The van der Waals surface area contributed by atoms with Gasteiger partial charge in [-0.3, -0.25) is 5.32 Å². The van der Waals surface area contributed by atoms with Crippen LogP contribution < -0.4 is 40.1 Å². The minimum atomic E-state index is 0. The quantitative estimate of drug-likeness (QED) is 0.588. The average Bonchev–Trinajstić information content (AvgIpc) is 2.29. The van der Waals surface area contributed by atoms with Crippen LogP contribution in [-0.4, -0.2) is 0 Å². The Bertz CT molecular complexity index is 341. The van der Waals surface area contributed by atoms with Gasteiger partial charge in [0.05, 0.1) is 11.8 Å². The zero-order valence-corrected chi connectivity index (χ0v) is 10.1. The van der Waals surface area contributed by atoms with E-state index < -0.39 is 0 Å². The molecule has 16 heavy (non-hydrogen) atoms. The summed E-state index contributed by atoms with van der Waals surface area (Å²) >= 11 is 0. The highest BCUT2D eigenvalue weighted by Crippen LogP contribution is 1.99. The first-order valence-corrected chi connectivity index (χ1v) is 4.61. The van der Waals surface area contributed by atoms with Gasteiger partial charge in [0.25, 0.3) is 5.82 Å². The first-order valence-electron chi connectivity index (χ1n) is 4.61. The number of aromatic nitrogens is 2. The minimum Gasteiger partial charge on any atom is -1.00 e. The van der Waals surface area contributed by atoms with Crippen molar-refractivity contribution in [2.24, 2.45) is 0 Å². The molecule has 3 N–H and O–H groups in total. The van der Waals surface area contributed by atoms with Crippen LogP contribution in [0.3, 0.4) is 0 Å². The van der Waals surface area contributed by atoms with Crippen LogP contribution in [0.15, 0.2) is 48.9 Å². The number of rotatable bonds is 3. The Labute approximate surface area is 107 Å². The third kappa shape index (κ3) is 4.47. The number of H-pyrrole nitrogens is 2. The Morgan fingerprint density at radius 2 is 1.88 bits per heavy atom. The number of hydrogen-bond acceptors (Lipinski definition) is 1. The van der Waals surface area contributed by atoms with E-state index in [1.165, 1.54) is 5.56 Å². The second kappa shape index (κ2) is 7.91. The van der Waals surface area contributed by atoms with Gasteiger partial charge in [-0.1, -0.05) is 6.07 Å². The summed E-state index contributed by atoms with van der Waals surface area (Å²) in [5.41, 5.74) is 1.23. The molecular formula is C11H13Cl2N3. The van der Waals surface area contributed by atoms with E-state index in [1.807, 2.05) is 42.9 Å². The molecule has 0 spiro atoms. The van der Waals surface area contributed by atoms with Crippen LogP contribution in [0.25, 0.3) is 0 Å². The van der Waals surface area contributed by atoms with Crippen LogP contribution in [0.2, 0.25) is 0 Å². The minimum absolute atomic E-state index is 0. The first kappa shape index (κ1) is 14.7. The molecule has 0 fully saturated rings. The molecule has 0 aliphatic rings. The molecule has 0 unspecified atom stereocenters. The number of hydrogen-bond donors (Lipinski definition) is 1. The van der Waals surface area contributed by atoms with Crippen molar-refractivity contribution in [1.29, 1.82) is 0 Å². The molecular weight excluding hydrogens is 245 g/mol. The molecule has 86 valence electrons. The largest absolute Gasteiger partial charge is 1.00 e. The van der Waals surface area contributed by atoms with Gasteiger partial charge in [-0.2, -0.15) is 0 Å². The number of halogens is 2. The van der Waals surface area contributed by atoms with Crippen molar-refractivity contribution in [1.82, 2.24) is 0 Å². The van der Waals surface area contributed by atoms with Gasteiger partial charge in [-0.15, -0.1) is 0 Å². The third-order valence-corrected chi connectivity index (χ3v) is 1.96. The summed E-state index contributed by atoms with van der Waals surface area (Å²) in [7, 11) is 0. The van der Waals surface area contributed by atoms with Gasteiger partial charge in [0, 0.05) is 12.1 Å². The van der Waals surface area contributed by atoms with Crippen LogP contribution in [0.5, 0.6) is 0 Å². The average molecular weight is 258 g/mol. The van der Waals surface area contributed by atoms with Crippen molar-refractivity contribution in [2.75, 3.05) is 5.32 Å². The summed E-state index contributed by atoms with van der Waals surface area (Å²) in [4.78, 5) is 6.16. The van der Waals surface area contributed by atoms with E-state index in [-0.39, 0.29) is 24.8 Å². The molecule has 2 aromatic rings. The standard InChI is InChI=1S/C11H11N3.2ClH/c1-2-7-13-11(5-1)14-9-10-4-3-6-12-8-10;;/h1-8H,9H2,(H,13,14);2*1H. The number of aromatic amines is 2. The highest BCUT2D eigenvalue weighted by Gasteiger charge is 2.00. The Morgan fingerprint density at radius 3 is 2.50 bits per heavy atom. The summed E-state index contributed by atoms with van der Waals surface area (Å²) in [6, 6.07) is 10.0. The Kier molecular flexibility index (Phi) is 7.25. The fourth-order valence-electron chi connectivity index (χ4n) is 1.24. The first-order chi connectivity index (χ1) is 6.95. The highest BCUT2D eigenvalue weighted by atomic mass is 35.5. The van der Waals surface area contributed by atoms with E-state index in [0.29, 0.717) is 0 Å². The molecule has 0 saturated carbocycles. The van der Waals surface area contributed by atoms with E-state index >= 15 is 0 Å². The third-order valence-electron chi connectivity index (χ3n) is 1.96. The van der Waals surface area contributed by atoms with Gasteiger partial charge in [-0.25, -0.2) is 9.97 Å². The summed E-state index contributed by atoms with van der Waals surface area (Å²) in [5, 5.41) is 3.29. The monoisotopic (exact) mass is 257 g/mol. The molecule has 0 aliphatic heterocycles. The molecule has 2 heterocycles. The molecule has 0 radical (unpaired) electrons. The maximum atomic E-state index is 3.29. The second-order valence-electron chi connectivity index (χ2n) is 3.04. The lowest BCUT2D eigenvalue weighted by atomic mass is 10.3. The molecule has 0 atom stereocenters. The van der Waals surface area contributed by atoms with Crippen LogP contribution in [0.1, 0.15) is 5.56 Å². The molecule has 0 bridgehead atoms. The maximum absolute atomic E-state index is 3.29. The summed E-state index contributed by atoms with van der Waals surface area (Å²) < 4.78 is 0. The predicted molar refractivity (Wildman–Crippen MR) is 53.3 cm³/mol. The summed E-state index contributed by atoms with van der Waals surface area (Å²) in [5.74, 6) is 1.02.